The van der Waals surface area contributed by atoms with Crippen LogP contribution in [0.1, 0.15) is 38.1 Å². The smallest absolute Gasteiger partial charge is 0.244 e. The largest absolute Gasteiger partial charge is 0.346 e. The number of nitrogens with one attached hydrogen (secondary N) is 1. The molecule has 0 saturated heterocycles. The van der Waals surface area contributed by atoms with Crippen LogP contribution in [-0.2, 0) is 11.8 Å². The molecule has 0 saturated carbocycles. The molecule has 0 unspecified atom stereocenters. The summed E-state index contributed by atoms with van der Waals surface area (Å²) in [6.07, 6.45) is 3.39. The summed E-state index contributed by atoms with van der Waals surface area (Å²) in [7, 11) is 1.89. The van der Waals surface area contributed by atoms with Crippen molar-refractivity contribution < 1.29 is 4.79 Å². The van der Waals surface area contributed by atoms with Crippen molar-refractivity contribution >= 4 is 5.91 Å². The second kappa shape index (κ2) is 4.96. The van der Waals surface area contributed by atoms with E-state index < -0.39 is 0 Å². The predicted molar refractivity (Wildman–Crippen MR) is 63.9 cm³/mol. The number of hydrogen-bond acceptors (Lipinski definition) is 2. The van der Waals surface area contributed by atoms with Crippen molar-refractivity contribution in [3.8, 4) is 0 Å². The van der Waals surface area contributed by atoms with Crippen LogP contribution in [0.2, 0.25) is 0 Å². The molecule has 1 heterocycles. The van der Waals surface area contributed by atoms with Gasteiger partial charge in [-0.1, -0.05) is 5.57 Å². The first-order valence-electron chi connectivity index (χ1n) is 5.35. The first kappa shape index (κ1) is 12.5. The Labute approximate surface area is 96.3 Å². The highest BCUT2D eigenvalue weighted by Gasteiger charge is 2.13. The highest BCUT2D eigenvalue weighted by atomic mass is 16.1. The summed E-state index contributed by atoms with van der Waals surface area (Å²) < 4.78 is 1.80. The third kappa shape index (κ3) is 2.95. The highest BCUT2D eigenvalue weighted by molar-refractivity contribution is 5.88. The molecule has 4 heteroatoms. The summed E-state index contributed by atoms with van der Waals surface area (Å²) in [6.45, 7) is 7.76. The molecule has 0 aliphatic rings. The molecule has 0 aliphatic carbocycles. The quantitative estimate of drug-likeness (QED) is 0.792. The lowest BCUT2D eigenvalue weighted by molar-refractivity contribution is -0.117. The zero-order chi connectivity index (χ0) is 12.3. The maximum atomic E-state index is 11.5. The van der Waals surface area contributed by atoms with Gasteiger partial charge >= 0.3 is 0 Å². The van der Waals surface area contributed by atoms with Crippen LogP contribution in [0, 0.1) is 6.92 Å². The van der Waals surface area contributed by atoms with Crippen LogP contribution in [0.25, 0.3) is 0 Å². The summed E-state index contributed by atoms with van der Waals surface area (Å²) in [5, 5.41) is 7.07. The van der Waals surface area contributed by atoms with E-state index in [0.717, 1.165) is 16.8 Å². The normalized spacial score (nSPS) is 12.1. The molecular formula is C12H19N3O. The molecule has 0 bridgehead atoms. The van der Waals surface area contributed by atoms with E-state index in [1.54, 1.807) is 17.0 Å². The van der Waals surface area contributed by atoms with Gasteiger partial charge in [0.05, 0.1) is 12.2 Å². The maximum absolute atomic E-state index is 11.5. The summed E-state index contributed by atoms with van der Waals surface area (Å²) in [5.74, 6) is -0.0595. The molecule has 1 atom stereocenters. The van der Waals surface area contributed by atoms with E-state index in [9.17, 15) is 4.79 Å². The van der Waals surface area contributed by atoms with Gasteiger partial charge in [0.25, 0.3) is 0 Å². The van der Waals surface area contributed by atoms with Crippen LogP contribution < -0.4 is 5.32 Å². The Morgan fingerprint density at radius 2 is 2.19 bits per heavy atom. The van der Waals surface area contributed by atoms with Crippen LogP contribution >= 0.6 is 0 Å². The van der Waals surface area contributed by atoms with Crippen molar-refractivity contribution in [3.05, 3.63) is 29.1 Å². The zero-order valence-corrected chi connectivity index (χ0v) is 10.5. The van der Waals surface area contributed by atoms with Crippen LogP contribution in [0.15, 0.2) is 17.8 Å². The molecule has 16 heavy (non-hydrogen) atoms. The van der Waals surface area contributed by atoms with Crippen molar-refractivity contribution in [1.29, 1.82) is 0 Å². The molecule has 0 spiro atoms. The highest BCUT2D eigenvalue weighted by Crippen LogP contribution is 2.15. The number of hydrogen-bond donors (Lipinski definition) is 1. The Bertz CT molecular complexity index is 414. The molecule has 0 radical (unpaired) electrons. The number of aromatic nitrogens is 2. The number of carbonyl (C=O) groups excluding carboxylic acids is 1. The van der Waals surface area contributed by atoms with Crippen molar-refractivity contribution in [2.24, 2.45) is 7.05 Å². The van der Waals surface area contributed by atoms with Crippen LogP contribution in [-0.4, -0.2) is 15.7 Å². The Morgan fingerprint density at radius 1 is 1.56 bits per heavy atom. The first-order chi connectivity index (χ1) is 7.41. The molecule has 0 aromatic carbocycles. The molecule has 88 valence electrons. The van der Waals surface area contributed by atoms with Crippen molar-refractivity contribution in [3.63, 3.8) is 0 Å². The third-order valence-corrected chi connectivity index (χ3v) is 2.52. The van der Waals surface area contributed by atoms with Gasteiger partial charge in [0.1, 0.15) is 0 Å². The SMILES string of the molecule is CC(C)=CC(=O)N[C@@H](C)c1cnn(C)c1C. The van der Waals surface area contributed by atoms with Crippen molar-refractivity contribution in [1.82, 2.24) is 15.1 Å². The van der Waals surface area contributed by atoms with E-state index in [2.05, 4.69) is 10.4 Å². The minimum absolute atomic E-state index is 0.0169. The van der Waals surface area contributed by atoms with E-state index in [1.165, 1.54) is 0 Å². The number of nitrogens with zero attached hydrogens (tertiary/aromatic N) is 2. The summed E-state index contributed by atoms with van der Waals surface area (Å²) >= 11 is 0. The van der Waals surface area contributed by atoms with Crippen molar-refractivity contribution in [2.45, 2.75) is 33.7 Å². The molecule has 0 fully saturated rings. The van der Waals surface area contributed by atoms with E-state index >= 15 is 0 Å². The Hall–Kier alpha value is -1.58. The van der Waals surface area contributed by atoms with Gasteiger partial charge in [0, 0.05) is 24.4 Å². The van der Waals surface area contributed by atoms with E-state index in [0.29, 0.717) is 0 Å². The Morgan fingerprint density at radius 3 is 2.62 bits per heavy atom. The van der Waals surface area contributed by atoms with Crippen LogP contribution in [0.3, 0.4) is 0 Å². The molecule has 4 nitrogen and oxygen atoms in total. The Balaban J connectivity index is 2.73. The van der Waals surface area contributed by atoms with Gasteiger partial charge in [-0.25, -0.2) is 0 Å². The number of amides is 1. The van der Waals surface area contributed by atoms with E-state index in [1.807, 2.05) is 34.7 Å². The predicted octanol–water partition coefficient (Wildman–Crippen LogP) is 1.87. The first-order valence-corrected chi connectivity index (χ1v) is 5.35. The van der Waals surface area contributed by atoms with Crippen LogP contribution in [0.5, 0.6) is 0 Å². The van der Waals surface area contributed by atoms with Crippen molar-refractivity contribution in [2.75, 3.05) is 0 Å². The average molecular weight is 221 g/mol. The lowest BCUT2D eigenvalue weighted by Gasteiger charge is -2.12. The van der Waals surface area contributed by atoms with Gasteiger partial charge in [0.15, 0.2) is 0 Å². The minimum atomic E-state index is -0.0595. The van der Waals surface area contributed by atoms with Gasteiger partial charge in [-0.05, 0) is 27.7 Å². The Kier molecular flexibility index (Phi) is 3.88. The lowest BCUT2D eigenvalue weighted by atomic mass is 10.1. The standard InChI is InChI=1S/C12H19N3O/c1-8(2)6-12(16)14-9(3)11-7-13-15(5)10(11)4/h6-7,9H,1-5H3,(H,14,16)/t9-/m0/s1. The number of aryl methyl sites for hydroxylation is 1. The topological polar surface area (TPSA) is 46.9 Å². The second-order valence-corrected chi connectivity index (χ2v) is 4.26. The van der Waals surface area contributed by atoms with Gasteiger partial charge in [-0.15, -0.1) is 0 Å². The fourth-order valence-corrected chi connectivity index (χ4v) is 1.54. The van der Waals surface area contributed by atoms with Gasteiger partial charge < -0.3 is 5.32 Å². The zero-order valence-electron chi connectivity index (χ0n) is 10.5. The molecule has 1 aromatic heterocycles. The summed E-state index contributed by atoms with van der Waals surface area (Å²) in [5.41, 5.74) is 3.12. The maximum Gasteiger partial charge on any atom is 0.244 e. The monoisotopic (exact) mass is 221 g/mol. The lowest BCUT2D eigenvalue weighted by Crippen LogP contribution is -2.25. The summed E-state index contributed by atoms with van der Waals surface area (Å²) in [6, 6.07) is -0.0169. The average Bonchev–Trinajstić information content (AvgIpc) is 2.45. The van der Waals surface area contributed by atoms with Gasteiger partial charge in [-0.2, -0.15) is 5.10 Å². The molecule has 1 aromatic rings. The minimum Gasteiger partial charge on any atom is -0.346 e. The molecule has 1 rings (SSSR count). The second-order valence-electron chi connectivity index (χ2n) is 4.26. The van der Waals surface area contributed by atoms with Crippen LogP contribution in [0.4, 0.5) is 0 Å². The summed E-state index contributed by atoms with van der Waals surface area (Å²) in [4.78, 5) is 11.5. The van der Waals surface area contributed by atoms with Gasteiger partial charge in [-0.3, -0.25) is 9.48 Å². The number of allylic oxidation sites excluding steroid dienone is 1. The molecule has 1 amide bonds. The van der Waals surface area contributed by atoms with Gasteiger partial charge in [0.2, 0.25) is 5.91 Å². The number of rotatable bonds is 3. The molecular weight excluding hydrogens is 202 g/mol. The molecule has 1 N–H and O–H groups in total. The van der Waals surface area contributed by atoms with E-state index in [4.69, 9.17) is 0 Å². The number of carbonyl (C=O) groups is 1. The molecule has 0 aliphatic heterocycles. The van der Waals surface area contributed by atoms with E-state index in [-0.39, 0.29) is 11.9 Å². The fourth-order valence-electron chi connectivity index (χ4n) is 1.54. The fraction of sp³-hybridized carbons (Fsp3) is 0.500. The third-order valence-electron chi connectivity index (χ3n) is 2.52.